The van der Waals surface area contributed by atoms with Crippen LogP contribution in [0.5, 0.6) is 0 Å². The van der Waals surface area contributed by atoms with Gasteiger partial charge in [0.15, 0.2) is 0 Å². The molecule has 0 aliphatic carbocycles. The first kappa shape index (κ1) is 5.33. The van der Waals surface area contributed by atoms with Gasteiger partial charge in [-0.05, 0) is 7.05 Å². The van der Waals surface area contributed by atoms with Gasteiger partial charge < -0.3 is 0 Å². The number of likely N-dealkylation sites (N-methyl/N-ethyl adjacent to an activating group) is 1. The highest BCUT2D eigenvalue weighted by Crippen LogP contribution is 2.03. The first-order chi connectivity index (χ1) is 3.83. The maximum absolute atomic E-state index is 8.34. The summed E-state index contributed by atoms with van der Waals surface area (Å²) in [4.78, 5) is 2.10. The average molecular weight is 108 g/mol. The summed E-state index contributed by atoms with van der Waals surface area (Å²) in [6.07, 6.45) is 1.96. The predicted molar refractivity (Wildman–Crippen MR) is 31.2 cm³/mol. The Hall–Kier alpha value is -0.810. The summed E-state index contributed by atoms with van der Waals surface area (Å²) >= 11 is 0. The number of rotatable bonds is 0. The van der Waals surface area contributed by atoms with Gasteiger partial charge in [0.05, 0.1) is 6.07 Å². The molecular formula is C6H8N2. The van der Waals surface area contributed by atoms with E-state index in [-0.39, 0.29) is 0 Å². The zero-order valence-corrected chi connectivity index (χ0v) is 4.89. The van der Waals surface area contributed by atoms with E-state index in [0.29, 0.717) is 0 Å². The number of nitriles is 1. The van der Waals surface area contributed by atoms with Crippen molar-refractivity contribution in [1.82, 2.24) is 4.90 Å². The highest BCUT2D eigenvalue weighted by molar-refractivity contribution is 5.26. The molecule has 0 spiro atoms. The molecule has 0 saturated carbocycles. The van der Waals surface area contributed by atoms with Gasteiger partial charge in [0.1, 0.15) is 0 Å². The molecular weight excluding hydrogens is 100 g/mol. The Balaban J connectivity index is 2.53. The molecule has 1 aliphatic rings. The Labute approximate surface area is 49.0 Å². The Bertz CT molecular complexity index is 152. The zero-order chi connectivity index (χ0) is 5.98. The molecule has 0 bridgehead atoms. The fourth-order valence-electron chi connectivity index (χ4n) is 0.767. The molecule has 42 valence electrons. The van der Waals surface area contributed by atoms with E-state index in [2.05, 4.69) is 11.0 Å². The van der Waals surface area contributed by atoms with Gasteiger partial charge in [-0.3, -0.25) is 4.90 Å². The number of hydrogen-bond donors (Lipinski definition) is 0. The maximum atomic E-state index is 8.34. The van der Waals surface area contributed by atoms with Gasteiger partial charge in [0.2, 0.25) is 0 Å². The molecule has 0 atom stereocenters. The summed E-state index contributed by atoms with van der Waals surface area (Å²) in [5.74, 6) is 0. The van der Waals surface area contributed by atoms with Crippen molar-refractivity contribution in [2.24, 2.45) is 0 Å². The molecule has 1 rings (SSSR count). The Kier molecular flexibility index (Phi) is 1.32. The minimum Gasteiger partial charge on any atom is -0.298 e. The molecule has 0 N–H and O–H groups in total. The second kappa shape index (κ2) is 1.97. The minimum atomic E-state index is 0.830. The van der Waals surface area contributed by atoms with Crippen LogP contribution in [0.2, 0.25) is 0 Å². The van der Waals surface area contributed by atoms with Gasteiger partial charge in [-0.25, -0.2) is 0 Å². The van der Waals surface area contributed by atoms with Crippen LogP contribution in [0.25, 0.3) is 0 Å². The van der Waals surface area contributed by atoms with E-state index in [1.807, 2.05) is 13.1 Å². The minimum absolute atomic E-state index is 0.830. The first-order valence-electron chi connectivity index (χ1n) is 2.60. The topological polar surface area (TPSA) is 27.0 Å². The van der Waals surface area contributed by atoms with Crippen molar-refractivity contribution in [3.63, 3.8) is 0 Å². The van der Waals surface area contributed by atoms with E-state index in [1.54, 1.807) is 0 Å². The molecule has 0 amide bonds. The molecule has 0 radical (unpaired) electrons. The molecule has 1 aliphatic heterocycles. The van der Waals surface area contributed by atoms with Crippen LogP contribution in [0, 0.1) is 11.3 Å². The van der Waals surface area contributed by atoms with Gasteiger partial charge in [-0.15, -0.1) is 0 Å². The third-order valence-electron chi connectivity index (χ3n) is 1.23. The van der Waals surface area contributed by atoms with Crippen LogP contribution in [0.15, 0.2) is 11.6 Å². The summed E-state index contributed by atoms with van der Waals surface area (Å²) in [6, 6.07) is 2.11. The summed E-state index contributed by atoms with van der Waals surface area (Å²) in [6.45, 7) is 1.76. The Morgan fingerprint density at radius 1 is 1.88 bits per heavy atom. The third kappa shape index (κ3) is 0.877. The van der Waals surface area contributed by atoms with Crippen molar-refractivity contribution < 1.29 is 0 Å². The van der Waals surface area contributed by atoms with Crippen molar-refractivity contribution in [2.45, 2.75) is 0 Å². The first-order valence-corrected chi connectivity index (χ1v) is 2.60. The molecule has 0 aromatic rings. The Morgan fingerprint density at radius 3 is 2.88 bits per heavy atom. The van der Waals surface area contributed by atoms with Gasteiger partial charge in [-0.1, -0.05) is 6.08 Å². The molecule has 2 nitrogen and oxygen atoms in total. The maximum Gasteiger partial charge on any atom is 0.0958 e. The average Bonchev–Trinajstić information content (AvgIpc) is 2.14. The van der Waals surface area contributed by atoms with E-state index in [0.717, 1.165) is 18.7 Å². The summed E-state index contributed by atoms with van der Waals surface area (Å²) in [5, 5.41) is 8.34. The van der Waals surface area contributed by atoms with Crippen molar-refractivity contribution in [1.29, 1.82) is 5.26 Å². The van der Waals surface area contributed by atoms with Gasteiger partial charge >= 0.3 is 0 Å². The highest BCUT2D eigenvalue weighted by Gasteiger charge is 2.06. The van der Waals surface area contributed by atoms with Crippen LogP contribution in [-0.4, -0.2) is 25.0 Å². The lowest BCUT2D eigenvalue weighted by atomic mass is 10.3. The zero-order valence-electron chi connectivity index (χ0n) is 4.89. The van der Waals surface area contributed by atoms with Crippen LogP contribution in [0.4, 0.5) is 0 Å². The van der Waals surface area contributed by atoms with E-state index < -0.39 is 0 Å². The van der Waals surface area contributed by atoms with E-state index in [1.165, 1.54) is 0 Å². The molecule has 0 aromatic carbocycles. The summed E-state index contributed by atoms with van der Waals surface area (Å²) < 4.78 is 0. The van der Waals surface area contributed by atoms with E-state index in [9.17, 15) is 0 Å². The van der Waals surface area contributed by atoms with Crippen molar-refractivity contribution >= 4 is 0 Å². The molecule has 0 unspecified atom stereocenters. The van der Waals surface area contributed by atoms with Crippen molar-refractivity contribution in [2.75, 3.05) is 20.1 Å². The highest BCUT2D eigenvalue weighted by atomic mass is 15.1. The second-order valence-corrected chi connectivity index (χ2v) is 2.04. The monoisotopic (exact) mass is 108 g/mol. The fraction of sp³-hybridized carbons (Fsp3) is 0.500. The Morgan fingerprint density at radius 2 is 2.62 bits per heavy atom. The third-order valence-corrected chi connectivity index (χ3v) is 1.23. The molecule has 0 aromatic heterocycles. The van der Waals surface area contributed by atoms with Gasteiger partial charge in [0, 0.05) is 18.7 Å². The van der Waals surface area contributed by atoms with Crippen LogP contribution in [0.1, 0.15) is 0 Å². The van der Waals surface area contributed by atoms with Crippen molar-refractivity contribution in [3.05, 3.63) is 11.6 Å². The summed E-state index contributed by atoms with van der Waals surface area (Å²) in [7, 11) is 2.00. The smallest absolute Gasteiger partial charge is 0.0958 e. The second-order valence-electron chi connectivity index (χ2n) is 2.04. The van der Waals surface area contributed by atoms with E-state index in [4.69, 9.17) is 5.26 Å². The number of hydrogen-bond acceptors (Lipinski definition) is 2. The number of nitrogens with zero attached hydrogens (tertiary/aromatic N) is 2. The van der Waals surface area contributed by atoms with Crippen LogP contribution >= 0.6 is 0 Å². The largest absolute Gasteiger partial charge is 0.298 e. The molecule has 8 heavy (non-hydrogen) atoms. The van der Waals surface area contributed by atoms with Crippen LogP contribution < -0.4 is 0 Å². The molecule has 0 fully saturated rings. The lowest BCUT2D eigenvalue weighted by Crippen LogP contribution is -2.13. The van der Waals surface area contributed by atoms with Gasteiger partial charge in [0.25, 0.3) is 0 Å². The fourth-order valence-corrected chi connectivity index (χ4v) is 0.767. The summed E-state index contributed by atoms with van der Waals surface area (Å²) in [5.41, 5.74) is 0.896. The van der Waals surface area contributed by atoms with E-state index >= 15 is 0 Å². The molecule has 1 heterocycles. The normalized spacial score (nSPS) is 20.2. The quantitative estimate of drug-likeness (QED) is 0.448. The van der Waals surface area contributed by atoms with Gasteiger partial charge in [-0.2, -0.15) is 5.26 Å². The standard InChI is InChI=1S/C6H8N2/c1-8-3-2-6(4-7)5-8/h2H,3,5H2,1H3. The lowest BCUT2D eigenvalue weighted by molar-refractivity contribution is 0.432. The molecule has 2 heteroatoms. The SMILES string of the molecule is CN1CC=C(C#N)C1. The van der Waals surface area contributed by atoms with Crippen molar-refractivity contribution in [3.8, 4) is 6.07 Å². The van der Waals surface area contributed by atoms with Crippen LogP contribution in [0.3, 0.4) is 0 Å². The predicted octanol–water partition coefficient (Wildman–Crippen LogP) is 0.382. The molecule has 0 saturated heterocycles. The van der Waals surface area contributed by atoms with Crippen LogP contribution in [-0.2, 0) is 0 Å². The lowest BCUT2D eigenvalue weighted by Gasteiger charge is -2.02.